The van der Waals surface area contributed by atoms with E-state index < -0.39 is 0 Å². The molecule has 20 heavy (non-hydrogen) atoms. The highest BCUT2D eigenvalue weighted by Gasteiger charge is 2.21. The molecule has 0 saturated carbocycles. The molecule has 0 unspecified atom stereocenters. The number of aromatic nitrogens is 2. The molecular formula is C16H19N3O. The Hall–Kier alpha value is -2.10. The number of nitrogens with zero attached hydrogens (tertiary/aromatic N) is 1. The second kappa shape index (κ2) is 5.12. The zero-order valence-corrected chi connectivity index (χ0v) is 11.9. The van der Waals surface area contributed by atoms with Crippen LogP contribution in [0.15, 0.2) is 18.2 Å². The van der Waals surface area contributed by atoms with Crippen LogP contribution in [0, 0.1) is 13.8 Å². The van der Waals surface area contributed by atoms with Crippen molar-refractivity contribution in [1.82, 2.24) is 10.2 Å². The van der Waals surface area contributed by atoms with E-state index in [2.05, 4.69) is 21.6 Å². The van der Waals surface area contributed by atoms with E-state index in [4.69, 9.17) is 0 Å². The van der Waals surface area contributed by atoms with Crippen LogP contribution in [0.25, 0.3) is 0 Å². The molecule has 0 fully saturated rings. The summed E-state index contributed by atoms with van der Waals surface area (Å²) in [4.78, 5) is 12.4. The maximum absolute atomic E-state index is 12.4. The van der Waals surface area contributed by atoms with Gasteiger partial charge in [0.1, 0.15) is 0 Å². The summed E-state index contributed by atoms with van der Waals surface area (Å²) in [5.74, 6) is -0.116. The number of aryl methyl sites for hydroxylation is 3. The zero-order valence-electron chi connectivity index (χ0n) is 11.9. The molecule has 1 aliphatic carbocycles. The van der Waals surface area contributed by atoms with Gasteiger partial charge >= 0.3 is 0 Å². The van der Waals surface area contributed by atoms with Crippen LogP contribution in [0.3, 0.4) is 0 Å². The van der Waals surface area contributed by atoms with Gasteiger partial charge in [0.05, 0.1) is 0 Å². The van der Waals surface area contributed by atoms with Crippen molar-refractivity contribution in [2.75, 3.05) is 5.32 Å². The van der Waals surface area contributed by atoms with Crippen molar-refractivity contribution in [1.29, 1.82) is 0 Å². The Labute approximate surface area is 118 Å². The summed E-state index contributed by atoms with van der Waals surface area (Å²) < 4.78 is 0. The molecule has 1 aromatic heterocycles. The molecule has 1 aromatic carbocycles. The lowest BCUT2D eigenvalue weighted by molar-refractivity contribution is 0.102. The van der Waals surface area contributed by atoms with Crippen LogP contribution < -0.4 is 5.32 Å². The Kier molecular flexibility index (Phi) is 3.30. The van der Waals surface area contributed by atoms with Gasteiger partial charge in [-0.25, -0.2) is 0 Å². The number of carbonyl (C=O) groups is 1. The molecule has 104 valence electrons. The van der Waals surface area contributed by atoms with Crippen LogP contribution in [0.2, 0.25) is 0 Å². The number of aromatic amines is 1. The molecule has 0 atom stereocenters. The number of hydrogen-bond donors (Lipinski definition) is 2. The van der Waals surface area contributed by atoms with Crippen LogP contribution in [0.5, 0.6) is 0 Å². The number of nitrogens with one attached hydrogen (secondary N) is 2. The SMILES string of the molecule is Cc1cc(C)cc(NC(=O)c2n[nH]c3c2CCCC3)c1. The minimum absolute atomic E-state index is 0.116. The predicted molar refractivity (Wildman–Crippen MR) is 79.1 cm³/mol. The smallest absolute Gasteiger partial charge is 0.276 e. The van der Waals surface area contributed by atoms with Crippen LogP contribution in [-0.2, 0) is 12.8 Å². The van der Waals surface area contributed by atoms with Crippen LogP contribution in [-0.4, -0.2) is 16.1 Å². The molecule has 3 rings (SSSR count). The van der Waals surface area contributed by atoms with Crippen molar-refractivity contribution < 1.29 is 4.79 Å². The lowest BCUT2D eigenvalue weighted by Crippen LogP contribution is -2.15. The van der Waals surface area contributed by atoms with E-state index in [1.807, 2.05) is 26.0 Å². The summed E-state index contributed by atoms with van der Waals surface area (Å²) in [7, 11) is 0. The number of H-pyrrole nitrogens is 1. The van der Waals surface area contributed by atoms with E-state index in [0.717, 1.165) is 47.3 Å². The van der Waals surface area contributed by atoms with Gasteiger partial charge in [-0.2, -0.15) is 5.10 Å². The number of anilines is 1. The summed E-state index contributed by atoms with van der Waals surface area (Å²) in [5, 5.41) is 10.2. The standard InChI is InChI=1S/C16H19N3O/c1-10-7-11(2)9-12(8-10)17-16(20)15-13-5-3-4-6-14(13)18-19-15/h7-9H,3-6H2,1-2H3,(H,17,20)(H,18,19). The van der Waals surface area contributed by atoms with Gasteiger partial charge in [0.2, 0.25) is 0 Å². The van der Waals surface area contributed by atoms with Gasteiger partial charge in [0, 0.05) is 16.9 Å². The van der Waals surface area contributed by atoms with Gasteiger partial charge in [-0.05, 0) is 62.8 Å². The fourth-order valence-electron chi connectivity index (χ4n) is 2.91. The van der Waals surface area contributed by atoms with Gasteiger partial charge < -0.3 is 5.32 Å². The summed E-state index contributed by atoms with van der Waals surface area (Å²) >= 11 is 0. The molecule has 4 heteroatoms. The molecule has 4 nitrogen and oxygen atoms in total. The zero-order chi connectivity index (χ0) is 14.1. The number of hydrogen-bond acceptors (Lipinski definition) is 2. The van der Waals surface area contributed by atoms with Gasteiger partial charge in [-0.15, -0.1) is 0 Å². The first-order chi connectivity index (χ1) is 9.63. The molecular weight excluding hydrogens is 250 g/mol. The number of carbonyl (C=O) groups excluding carboxylic acids is 1. The highest BCUT2D eigenvalue weighted by Crippen LogP contribution is 2.23. The Bertz CT molecular complexity index is 637. The maximum Gasteiger partial charge on any atom is 0.276 e. The van der Waals surface area contributed by atoms with E-state index in [-0.39, 0.29) is 5.91 Å². The van der Waals surface area contributed by atoms with E-state index in [1.165, 1.54) is 6.42 Å². The Morgan fingerprint density at radius 3 is 2.60 bits per heavy atom. The largest absolute Gasteiger partial charge is 0.321 e. The molecule has 0 bridgehead atoms. The van der Waals surface area contributed by atoms with Gasteiger partial charge in [0.15, 0.2) is 5.69 Å². The number of benzene rings is 1. The highest BCUT2D eigenvalue weighted by atomic mass is 16.1. The molecule has 2 N–H and O–H groups in total. The van der Waals surface area contributed by atoms with Crippen molar-refractivity contribution >= 4 is 11.6 Å². The first-order valence-corrected chi connectivity index (χ1v) is 7.09. The Morgan fingerprint density at radius 1 is 1.15 bits per heavy atom. The van der Waals surface area contributed by atoms with E-state index >= 15 is 0 Å². The topological polar surface area (TPSA) is 57.8 Å². The molecule has 2 aromatic rings. The van der Waals surface area contributed by atoms with Crippen molar-refractivity contribution in [3.05, 3.63) is 46.3 Å². The lowest BCUT2D eigenvalue weighted by Gasteiger charge is -2.11. The van der Waals surface area contributed by atoms with Crippen molar-refractivity contribution in [3.8, 4) is 0 Å². The fourth-order valence-corrected chi connectivity index (χ4v) is 2.91. The van der Waals surface area contributed by atoms with Gasteiger partial charge in [-0.3, -0.25) is 9.89 Å². The minimum Gasteiger partial charge on any atom is -0.321 e. The van der Waals surface area contributed by atoms with Crippen LogP contribution >= 0.6 is 0 Å². The number of rotatable bonds is 2. The van der Waals surface area contributed by atoms with E-state index in [1.54, 1.807) is 0 Å². The second-order valence-electron chi connectivity index (χ2n) is 5.57. The minimum atomic E-state index is -0.116. The molecule has 1 amide bonds. The molecule has 1 heterocycles. The Morgan fingerprint density at radius 2 is 1.85 bits per heavy atom. The van der Waals surface area contributed by atoms with Crippen molar-refractivity contribution in [3.63, 3.8) is 0 Å². The summed E-state index contributed by atoms with van der Waals surface area (Å²) in [6, 6.07) is 6.04. The first-order valence-electron chi connectivity index (χ1n) is 7.09. The van der Waals surface area contributed by atoms with Gasteiger partial charge in [-0.1, -0.05) is 6.07 Å². The monoisotopic (exact) mass is 269 g/mol. The molecule has 0 saturated heterocycles. The van der Waals surface area contributed by atoms with Gasteiger partial charge in [0.25, 0.3) is 5.91 Å². The van der Waals surface area contributed by atoms with E-state index in [0.29, 0.717) is 5.69 Å². The molecule has 1 aliphatic rings. The quantitative estimate of drug-likeness (QED) is 0.879. The van der Waals surface area contributed by atoms with Crippen molar-refractivity contribution in [2.45, 2.75) is 39.5 Å². The summed E-state index contributed by atoms with van der Waals surface area (Å²) in [6.07, 6.45) is 4.25. The van der Waals surface area contributed by atoms with Crippen molar-refractivity contribution in [2.24, 2.45) is 0 Å². The van der Waals surface area contributed by atoms with Crippen LogP contribution in [0.4, 0.5) is 5.69 Å². The molecule has 0 radical (unpaired) electrons. The summed E-state index contributed by atoms with van der Waals surface area (Å²) in [5.41, 5.74) is 5.90. The maximum atomic E-state index is 12.4. The molecule has 0 aliphatic heterocycles. The summed E-state index contributed by atoms with van der Waals surface area (Å²) in [6.45, 7) is 4.05. The van der Waals surface area contributed by atoms with Crippen LogP contribution in [0.1, 0.15) is 45.7 Å². The Balaban J connectivity index is 1.84. The lowest BCUT2D eigenvalue weighted by atomic mass is 9.96. The third-order valence-electron chi connectivity index (χ3n) is 3.75. The third kappa shape index (κ3) is 2.46. The first kappa shape index (κ1) is 12.9. The average molecular weight is 269 g/mol. The average Bonchev–Trinajstić information content (AvgIpc) is 2.81. The number of fused-ring (bicyclic) bond motifs is 1. The normalized spacial score (nSPS) is 13.9. The second-order valence-corrected chi connectivity index (χ2v) is 5.57. The molecule has 0 spiro atoms. The highest BCUT2D eigenvalue weighted by molar-refractivity contribution is 6.04. The predicted octanol–water partition coefficient (Wildman–Crippen LogP) is 3.16. The number of amides is 1. The fraction of sp³-hybridized carbons (Fsp3) is 0.375. The third-order valence-corrected chi connectivity index (χ3v) is 3.75. The van der Waals surface area contributed by atoms with E-state index in [9.17, 15) is 4.79 Å².